The van der Waals surface area contributed by atoms with E-state index >= 15 is 0 Å². The number of fused-ring (bicyclic) bond motifs is 1. The minimum absolute atomic E-state index is 0.0664. The molecule has 0 aliphatic rings. The van der Waals surface area contributed by atoms with Crippen LogP contribution in [0, 0.1) is 12.7 Å². The molecule has 15 nitrogen and oxygen atoms in total. The minimum Gasteiger partial charge on any atom is -0.487 e. The predicted octanol–water partition coefficient (Wildman–Crippen LogP) is 12.2. The number of halogens is 2. The summed E-state index contributed by atoms with van der Waals surface area (Å²) in [7, 11) is -7.04. The number of hydrogen-bond acceptors (Lipinski definition) is 12. The summed E-state index contributed by atoms with van der Waals surface area (Å²) in [5.74, 6) is 0.833. The van der Waals surface area contributed by atoms with Crippen LogP contribution in [-0.4, -0.2) is 72.1 Å². The van der Waals surface area contributed by atoms with Crippen LogP contribution in [0.2, 0.25) is 5.02 Å². The number of hydrogen-bond donors (Lipinski definition) is 5. The van der Waals surface area contributed by atoms with Crippen LogP contribution in [0.4, 0.5) is 15.9 Å². The molecule has 6 rings (SSSR count). The molecule has 2 aromatic heterocycles. The Morgan fingerprint density at radius 2 is 1.42 bits per heavy atom. The van der Waals surface area contributed by atoms with Crippen molar-refractivity contribution in [3.63, 3.8) is 0 Å². The van der Waals surface area contributed by atoms with Crippen LogP contribution in [0.1, 0.15) is 108 Å². The molecule has 386 valence electrons. The predicted molar refractivity (Wildman–Crippen MR) is 277 cm³/mol. The standard InChI is InChI=1S/C29H26ClFN4O4S.2C8H16O2.C7H8O3S/c1-40(36,37)12-11-32-16-23-7-10-27(39-23)20-5-8-26-24(14-20)29(34-18-33-26)35-22-6-9-28(25(30)15-22)38-17-19-3-2-4-21(31)13-19;2*1-2-3-4-5-6-7-8(9)10;1-6-2-4-7(5-3-6)11(8,9)10/h2-10,13-15,18,32H,11-12,16-17H2,1H3,(H,33,34,35);2*2-7H2,1H3,(H,9,10);2-5H,1H3,(H,8,9,10). The summed E-state index contributed by atoms with van der Waals surface area (Å²) in [4.78, 5) is 28.8. The molecule has 2 heterocycles. The molecule has 19 heteroatoms. The number of carbonyl (C=O) groups is 2. The second-order valence-corrected chi connectivity index (χ2v) is 20.7. The lowest BCUT2D eigenvalue weighted by molar-refractivity contribution is -0.138. The number of benzene rings is 4. The van der Waals surface area contributed by atoms with E-state index in [1.807, 2.05) is 43.3 Å². The Labute approximate surface area is 421 Å². The van der Waals surface area contributed by atoms with Gasteiger partial charge in [-0.15, -0.1) is 0 Å². The Hall–Kier alpha value is -5.92. The molecule has 0 unspecified atom stereocenters. The van der Waals surface area contributed by atoms with Crippen molar-refractivity contribution in [2.75, 3.05) is 23.9 Å². The van der Waals surface area contributed by atoms with Gasteiger partial charge < -0.3 is 30.0 Å². The van der Waals surface area contributed by atoms with Gasteiger partial charge in [0.05, 0.1) is 27.7 Å². The zero-order valence-electron chi connectivity index (χ0n) is 40.7. The van der Waals surface area contributed by atoms with Gasteiger partial charge in [0.2, 0.25) is 0 Å². The summed E-state index contributed by atoms with van der Waals surface area (Å²) < 4.78 is 77.3. The Bertz CT molecular complexity index is 2770. The molecule has 0 aliphatic carbocycles. The van der Waals surface area contributed by atoms with E-state index < -0.39 is 31.9 Å². The van der Waals surface area contributed by atoms with Gasteiger partial charge in [-0.2, -0.15) is 8.42 Å². The van der Waals surface area contributed by atoms with Crippen LogP contribution in [0.15, 0.2) is 113 Å². The maximum absolute atomic E-state index is 13.4. The van der Waals surface area contributed by atoms with Crippen molar-refractivity contribution in [1.82, 2.24) is 15.3 Å². The number of ether oxygens (including phenoxy) is 1. The second-order valence-electron chi connectivity index (χ2n) is 16.6. The van der Waals surface area contributed by atoms with Gasteiger partial charge in [0.25, 0.3) is 10.1 Å². The summed E-state index contributed by atoms with van der Waals surface area (Å²) in [6.07, 6.45) is 14.5. The normalized spacial score (nSPS) is 11.0. The highest BCUT2D eigenvalue weighted by atomic mass is 35.5. The van der Waals surface area contributed by atoms with Gasteiger partial charge in [-0.3, -0.25) is 14.1 Å². The number of furan rings is 1. The first-order chi connectivity index (χ1) is 33.8. The molecule has 0 bridgehead atoms. The fourth-order valence-electron chi connectivity index (χ4n) is 6.50. The van der Waals surface area contributed by atoms with Crippen molar-refractivity contribution in [2.45, 2.75) is 116 Å². The van der Waals surface area contributed by atoms with Gasteiger partial charge in [-0.1, -0.05) is 107 Å². The van der Waals surface area contributed by atoms with E-state index in [2.05, 4.69) is 34.4 Å². The Kier molecular flexibility index (Phi) is 26.3. The van der Waals surface area contributed by atoms with E-state index in [-0.39, 0.29) is 23.1 Å². The molecule has 0 radical (unpaired) electrons. The number of sulfone groups is 1. The molecule has 5 N–H and O–H groups in total. The number of rotatable bonds is 24. The number of anilines is 2. The largest absolute Gasteiger partial charge is 0.487 e. The van der Waals surface area contributed by atoms with Crippen LogP contribution < -0.4 is 15.4 Å². The van der Waals surface area contributed by atoms with Crippen LogP contribution in [0.5, 0.6) is 5.75 Å². The average Bonchev–Trinajstić information content (AvgIpc) is 3.79. The van der Waals surface area contributed by atoms with Crippen molar-refractivity contribution < 1.29 is 54.7 Å². The summed E-state index contributed by atoms with van der Waals surface area (Å²) in [5.41, 5.74) is 3.95. The van der Waals surface area contributed by atoms with Crippen LogP contribution in [-0.2, 0) is 42.7 Å². The molecule has 0 atom stereocenters. The molecule has 6 aromatic rings. The maximum Gasteiger partial charge on any atom is 0.303 e. The third-order valence-corrected chi connectivity index (χ3v) is 12.4. The fraction of sp³-hybridized carbons (Fsp3) is 0.385. The molecule has 0 spiro atoms. The van der Waals surface area contributed by atoms with Crippen LogP contribution in [0.25, 0.3) is 22.2 Å². The van der Waals surface area contributed by atoms with Crippen LogP contribution in [0.3, 0.4) is 0 Å². The SMILES string of the molecule is CCCCCCCC(=O)O.CCCCCCCC(=O)O.CS(=O)(=O)CCNCc1ccc(-c2ccc3ncnc(Nc4ccc(OCc5cccc(F)c5)c(Cl)c4)c3c2)o1.Cc1ccc(S(=O)(=O)O)cc1. The first-order valence-corrected chi connectivity index (χ1v) is 27.3. The molecule has 71 heavy (non-hydrogen) atoms. The summed E-state index contributed by atoms with van der Waals surface area (Å²) in [5, 5.41) is 24.1. The highest BCUT2D eigenvalue weighted by Gasteiger charge is 2.12. The van der Waals surface area contributed by atoms with Crippen molar-refractivity contribution in [3.05, 3.63) is 131 Å². The number of nitrogens with one attached hydrogen (secondary N) is 2. The lowest BCUT2D eigenvalue weighted by atomic mass is 10.1. The number of nitrogens with zero attached hydrogens (tertiary/aromatic N) is 2. The molecular weight excluding hydrogens is 975 g/mol. The molecule has 0 amide bonds. The first kappa shape index (κ1) is 59.4. The van der Waals surface area contributed by atoms with Gasteiger partial charge in [-0.25, -0.2) is 22.8 Å². The highest BCUT2D eigenvalue weighted by molar-refractivity contribution is 7.90. The lowest BCUT2D eigenvalue weighted by Gasteiger charge is -2.12. The first-order valence-electron chi connectivity index (χ1n) is 23.4. The molecule has 0 fully saturated rings. The summed E-state index contributed by atoms with van der Waals surface area (Å²) in [6, 6.07) is 27.0. The van der Waals surface area contributed by atoms with Gasteiger partial charge in [0, 0.05) is 42.3 Å². The quantitative estimate of drug-likeness (QED) is 0.0280. The van der Waals surface area contributed by atoms with Gasteiger partial charge >= 0.3 is 11.9 Å². The Morgan fingerprint density at radius 3 is 2.00 bits per heavy atom. The Morgan fingerprint density at radius 1 is 0.775 bits per heavy atom. The smallest absolute Gasteiger partial charge is 0.303 e. The van der Waals surface area contributed by atoms with Crippen molar-refractivity contribution in [1.29, 1.82) is 0 Å². The number of carboxylic acid groups (broad SMARTS) is 2. The van der Waals surface area contributed by atoms with Crippen molar-refractivity contribution >= 4 is 65.9 Å². The van der Waals surface area contributed by atoms with E-state index in [1.54, 1.807) is 36.4 Å². The fourth-order valence-corrected chi connectivity index (χ4v) is 7.73. The molecule has 0 saturated heterocycles. The number of carboxylic acids is 2. The average molecular weight is 1040 g/mol. The van der Waals surface area contributed by atoms with E-state index in [1.165, 1.54) is 75.4 Å². The summed E-state index contributed by atoms with van der Waals surface area (Å²) in [6.45, 7) is 7.10. The Balaban J connectivity index is 0.000000346. The molecule has 4 aromatic carbocycles. The van der Waals surface area contributed by atoms with E-state index in [9.17, 15) is 30.8 Å². The zero-order valence-corrected chi connectivity index (χ0v) is 43.1. The van der Waals surface area contributed by atoms with Crippen molar-refractivity contribution in [3.8, 4) is 17.1 Å². The number of aromatic nitrogens is 2. The highest BCUT2D eigenvalue weighted by Crippen LogP contribution is 2.33. The molecular formula is C52H66ClFN4O11S2. The topological polar surface area (TPSA) is 235 Å². The zero-order chi connectivity index (χ0) is 52.2. The van der Waals surface area contributed by atoms with E-state index in [0.29, 0.717) is 65.3 Å². The summed E-state index contributed by atoms with van der Waals surface area (Å²) >= 11 is 6.47. The van der Waals surface area contributed by atoms with Gasteiger partial charge in [0.1, 0.15) is 51.7 Å². The van der Waals surface area contributed by atoms with Gasteiger partial charge in [0.15, 0.2) is 0 Å². The third kappa shape index (κ3) is 24.7. The number of aryl methyl sites for hydroxylation is 1. The van der Waals surface area contributed by atoms with Gasteiger partial charge in [-0.05, 0) is 98.1 Å². The maximum atomic E-state index is 13.4. The second kappa shape index (κ2) is 31.4. The van der Waals surface area contributed by atoms with Crippen LogP contribution >= 0.6 is 11.6 Å². The lowest BCUT2D eigenvalue weighted by Crippen LogP contribution is -2.21. The number of aliphatic carboxylic acids is 2. The monoisotopic (exact) mass is 1040 g/mol. The van der Waals surface area contributed by atoms with E-state index in [0.717, 1.165) is 47.7 Å². The van der Waals surface area contributed by atoms with E-state index in [4.69, 9.17) is 35.5 Å². The molecule has 0 saturated carbocycles. The third-order valence-electron chi connectivity index (χ3n) is 10.3. The van der Waals surface area contributed by atoms with Crippen molar-refractivity contribution in [2.24, 2.45) is 0 Å². The molecule has 0 aliphatic heterocycles. The minimum atomic E-state index is -4.02. The number of unbranched alkanes of at least 4 members (excludes halogenated alkanes) is 8.